The quantitative estimate of drug-likeness (QED) is 0.678. The van der Waals surface area contributed by atoms with Crippen molar-refractivity contribution in [3.8, 4) is 0 Å². The minimum absolute atomic E-state index is 0.386. The summed E-state index contributed by atoms with van der Waals surface area (Å²) in [5, 5.41) is 8.84. The first-order valence-corrected chi connectivity index (χ1v) is 8.94. The third kappa shape index (κ3) is 3.49. The molecular formula is C18H28N4. The van der Waals surface area contributed by atoms with Crippen molar-refractivity contribution in [1.82, 2.24) is 19.9 Å². The van der Waals surface area contributed by atoms with Gasteiger partial charge < -0.3 is 0 Å². The number of hydrogen-bond donors (Lipinski definition) is 0. The third-order valence-corrected chi connectivity index (χ3v) is 4.79. The van der Waals surface area contributed by atoms with Crippen LogP contribution in [0, 0.1) is 0 Å². The van der Waals surface area contributed by atoms with Gasteiger partial charge in [0.25, 0.3) is 0 Å². The lowest BCUT2D eigenvalue weighted by Crippen LogP contribution is -2.31. The van der Waals surface area contributed by atoms with Gasteiger partial charge in [0.15, 0.2) is 0 Å². The van der Waals surface area contributed by atoms with Crippen molar-refractivity contribution in [3.63, 3.8) is 0 Å². The molecule has 3 rings (SSSR count). The van der Waals surface area contributed by atoms with E-state index in [4.69, 9.17) is 0 Å². The minimum atomic E-state index is 0.386. The standard InChI is InChI=1S/C18H28N4/c1-2-3-4-5-6-13-18(21-14-9-10-15-21)22-17-12-8-7-11-16(17)19-20-22/h7-8,11-12,18H,2-6,9-10,13-15H2,1H3. The van der Waals surface area contributed by atoms with Crippen LogP contribution >= 0.6 is 0 Å². The van der Waals surface area contributed by atoms with E-state index in [2.05, 4.69) is 45.0 Å². The predicted octanol–water partition coefficient (Wildman–Crippen LogP) is 4.39. The van der Waals surface area contributed by atoms with Gasteiger partial charge in [0, 0.05) is 13.1 Å². The molecule has 0 spiro atoms. The molecule has 1 fully saturated rings. The molecule has 0 radical (unpaired) electrons. The van der Waals surface area contributed by atoms with Crippen LogP contribution in [0.1, 0.15) is 64.5 Å². The number of benzene rings is 1. The Morgan fingerprint density at radius 1 is 1.05 bits per heavy atom. The number of unbranched alkanes of at least 4 members (excludes halogenated alkanes) is 4. The topological polar surface area (TPSA) is 34.0 Å². The summed E-state index contributed by atoms with van der Waals surface area (Å²) in [6, 6.07) is 8.33. The maximum Gasteiger partial charge on any atom is 0.113 e. The molecule has 1 aliphatic rings. The zero-order valence-corrected chi connectivity index (χ0v) is 13.7. The normalized spacial score (nSPS) is 17.3. The molecule has 1 aromatic heterocycles. The summed E-state index contributed by atoms with van der Waals surface area (Å²) in [6.45, 7) is 4.68. The SMILES string of the molecule is CCCCCCCC(N1CCCC1)n1nnc2ccccc21. The van der Waals surface area contributed by atoms with Crippen LogP contribution in [0.3, 0.4) is 0 Å². The Morgan fingerprint density at radius 3 is 2.64 bits per heavy atom. The molecule has 0 amide bonds. The molecule has 0 saturated carbocycles. The summed E-state index contributed by atoms with van der Waals surface area (Å²) in [7, 11) is 0. The predicted molar refractivity (Wildman–Crippen MR) is 90.7 cm³/mol. The summed E-state index contributed by atoms with van der Waals surface area (Å²) >= 11 is 0. The highest BCUT2D eigenvalue weighted by molar-refractivity contribution is 5.73. The summed E-state index contributed by atoms with van der Waals surface area (Å²) in [6.07, 6.45) is 10.9. The first-order chi connectivity index (χ1) is 10.9. The van der Waals surface area contributed by atoms with Crippen molar-refractivity contribution in [1.29, 1.82) is 0 Å². The van der Waals surface area contributed by atoms with Crippen molar-refractivity contribution in [3.05, 3.63) is 24.3 Å². The molecule has 0 bridgehead atoms. The third-order valence-electron chi connectivity index (χ3n) is 4.79. The van der Waals surface area contributed by atoms with Crippen LogP contribution < -0.4 is 0 Å². The van der Waals surface area contributed by atoms with E-state index in [-0.39, 0.29) is 0 Å². The number of hydrogen-bond acceptors (Lipinski definition) is 3. The molecule has 2 heterocycles. The second kappa shape index (κ2) is 7.73. The van der Waals surface area contributed by atoms with E-state index < -0.39 is 0 Å². The van der Waals surface area contributed by atoms with Crippen molar-refractivity contribution >= 4 is 11.0 Å². The second-order valence-electron chi connectivity index (χ2n) is 6.45. The van der Waals surface area contributed by atoms with Gasteiger partial charge in [-0.1, -0.05) is 50.0 Å². The largest absolute Gasteiger partial charge is 0.282 e. The fourth-order valence-electron chi connectivity index (χ4n) is 3.54. The Balaban J connectivity index is 1.73. The van der Waals surface area contributed by atoms with Gasteiger partial charge in [-0.2, -0.15) is 0 Å². The lowest BCUT2D eigenvalue weighted by molar-refractivity contribution is 0.149. The zero-order chi connectivity index (χ0) is 15.2. The molecule has 4 nitrogen and oxygen atoms in total. The molecule has 0 aliphatic carbocycles. The van der Waals surface area contributed by atoms with Gasteiger partial charge in [-0.15, -0.1) is 5.10 Å². The fourth-order valence-corrected chi connectivity index (χ4v) is 3.54. The molecule has 120 valence electrons. The first kappa shape index (κ1) is 15.5. The number of nitrogens with zero attached hydrogens (tertiary/aromatic N) is 4. The van der Waals surface area contributed by atoms with E-state index in [1.807, 2.05) is 6.07 Å². The highest BCUT2D eigenvalue weighted by Crippen LogP contribution is 2.27. The zero-order valence-electron chi connectivity index (χ0n) is 13.7. The Morgan fingerprint density at radius 2 is 1.82 bits per heavy atom. The number of aromatic nitrogens is 3. The smallest absolute Gasteiger partial charge is 0.113 e. The highest BCUT2D eigenvalue weighted by atomic mass is 15.5. The lowest BCUT2D eigenvalue weighted by Gasteiger charge is -2.28. The molecular weight excluding hydrogens is 272 g/mol. The second-order valence-corrected chi connectivity index (χ2v) is 6.45. The van der Waals surface area contributed by atoms with E-state index in [0.29, 0.717) is 6.17 Å². The fraction of sp³-hybridized carbons (Fsp3) is 0.667. The summed E-state index contributed by atoms with van der Waals surface area (Å²) < 4.78 is 2.17. The molecule has 1 saturated heterocycles. The van der Waals surface area contributed by atoms with Gasteiger partial charge >= 0.3 is 0 Å². The first-order valence-electron chi connectivity index (χ1n) is 8.94. The van der Waals surface area contributed by atoms with Crippen LogP contribution in [0.15, 0.2) is 24.3 Å². The molecule has 1 aliphatic heterocycles. The maximum atomic E-state index is 4.48. The summed E-state index contributed by atoms with van der Waals surface area (Å²) in [5.74, 6) is 0. The summed E-state index contributed by atoms with van der Waals surface area (Å²) in [4.78, 5) is 2.60. The lowest BCUT2D eigenvalue weighted by atomic mass is 10.1. The Kier molecular flexibility index (Phi) is 5.43. The van der Waals surface area contributed by atoms with E-state index in [9.17, 15) is 0 Å². The number of para-hydroxylation sites is 1. The Labute approximate surface area is 133 Å². The van der Waals surface area contributed by atoms with Crippen molar-refractivity contribution in [2.75, 3.05) is 13.1 Å². The average molecular weight is 300 g/mol. The van der Waals surface area contributed by atoms with Crippen molar-refractivity contribution in [2.45, 2.75) is 64.5 Å². The van der Waals surface area contributed by atoms with Crippen LogP contribution in [0.25, 0.3) is 11.0 Å². The van der Waals surface area contributed by atoms with E-state index in [1.165, 1.54) is 70.0 Å². The van der Waals surface area contributed by atoms with Crippen LogP contribution in [-0.4, -0.2) is 33.0 Å². The molecule has 1 unspecified atom stereocenters. The van der Waals surface area contributed by atoms with Gasteiger partial charge in [0.05, 0.1) is 5.52 Å². The molecule has 1 aromatic carbocycles. The van der Waals surface area contributed by atoms with Crippen LogP contribution in [0.4, 0.5) is 0 Å². The Hall–Kier alpha value is -1.42. The van der Waals surface area contributed by atoms with Gasteiger partial charge in [0.2, 0.25) is 0 Å². The molecule has 0 N–H and O–H groups in total. The van der Waals surface area contributed by atoms with Gasteiger partial charge in [0.1, 0.15) is 11.7 Å². The maximum absolute atomic E-state index is 4.48. The van der Waals surface area contributed by atoms with Crippen LogP contribution in [0.5, 0.6) is 0 Å². The molecule has 1 atom stereocenters. The van der Waals surface area contributed by atoms with Gasteiger partial charge in [-0.3, -0.25) is 4.90 Å². The van der Waals surface area contributed by atoms with E-state index in [0.717, 1.165) is 5.52 Å². The monoisotopic (exact) mass is 300 g/mol. The van der Waals surface area contributed by atoms with E-state index in [1.54, 1.807) is 0 Å². The minimum Gasteiger partial charge on any atom is -0.282 e. The molecule has 4 heteroatoms. The molecule has 22 heavy (non-hydrogen) atoms. The van der Waals surface area contributed by atoms with Gasteiger partial charge in [-0.25, -0.2) is 4.68 Å². The highest BCUT2D eigenvalue weighted by Gasteiger charge is 2.25. The van der Waals surface area contributed by atoms with Crippen LogP contribution in [-0.2, 0) is 0 Å². The summed E-state index contributed by atoms with van der Waals surface area (Å²) in [5.41, 5.74) is 2.19. The van der Waals surface area contributed by atoms with Crippen LogP contribution in [0.2, 0.25) is 0 Å². The van der Waals surface area contributed by atoms with E-state index >= 15 is 0 Å². The number of likely N-dealkylation sites (tertiary alicyclic amines) is 1. The Bertz CT molecular complexity index is 571. The number of fused-ring (bicyclic) bond motifs is 1. The average Bonchev–Trinajstić information content (AvgIpc) is 3.21. The molecule has 2 aromatic rings. The number of rotatable bonds is 8. The van der Waals surface area contributed by atoms with Crippen molar-refractivity contribution in [2.24, 2.45) is 0 Å². The van der Waals surface area contributed by atoms with Crippen molar-refractivity contribution < 1.29 is 0 Å². The van der Waals surface area contributed by atoms with Gasteiger partial charge in [-0.05, 0) is 37.8 Å².